The predicted molar refractivity (Wildman–Crippen MR) is 78.4 cm³/mol. The Morgan fingerprint density at radius 2 is 1.39 bits per heavy atom. The Bertz CT molecular complexity index is 501. The Labute approximate surface area is 110 Å². The van der Waals surface area contributed by atoms with E-state index in [0.717, 1.165) is 5.75 Å². The summed E-state index contributed by atoms with van der Waals surface area (Å²) >= 11 is 0. The minimum absolute atomic E-state index is 0.926. The molecule has 0 fully saturated rings. The summed E-state index contributed by atoms with van der Waals surface area (Å²) < 4.78 is 5.00. The minimum Gasteiger partial charge on any atom is -0.497 e. The van der Waals surface area contributed by atoms with Gasteiger partial charge in [0.25, 0.3) is 0 Å². The van der Waals surface area contributed by atoms with Gasteiger partial charge in [-0.15, -0.1) is 0 Å². The molecule has 0 unspecified atom stereocenters. The van der Waals surface area contributed by atoms with Gasteiger partial charge in [0.05, 0.1) is 7.11 Å². The zero-order valence-electron chi connectivity index (χ0n) is 11.9. The van der Waals surface area contributed by atoms with Crippen LogP contribution in [0.3, 0.4) is 0 Å². The fourth-order valence-electron chi connectivity index (χ4n) is 1.63. The molecule has 0 amide bonds. The van der Waals surface area contributed by atoms with Gasteiger partial charge in [0.2, 0.25) is 0 Å². The van der Waals surface area contributed by atoms with E-state index in [2.05, 4.69) is 39.0 Å². The lowest BCUT2D eigenvalue weighted by Gasteiger charge is -1.98. The predicted octanol–water partition coefficient (Wildman–Crippen LogP) is 4.62. The van der Waals surface area contributed by atoms with Gasteiger partial charge in [-0.1, -0.05) is 35.9 Å². The molecule has 0 radical (unpaired) electrons. The molecule has 2 aromatic rings. The maximum atomic E-state index is 5.00. The normalized spacial score (nSPS) is 9.39. The van der Waals surface area contributed by atoms with Crippen LogP contribution < -0.4 is 4.74 Å². The van der Waals surface area contributed by atoms with E-state index >= 15 is 0 Å². The van der Waals surface area contributed by atoms with Gasteiger partial charge < -0.3 is 4.74 Å². The largest absolute Gasteiger partial charge is 0.497 e. The number of benzene rings is 2. The standard InChI is InChI=1S/C9H12.C8H10O/c1-7-4-5-8(2)9(3)6-7;1-7-4-3-5-8(6-7)9-2/h4-6H,1-3H3;3-6H,1-2H3. The Morgan fingerprint density at radius 1 is 0.722 bits per heavy atom. The highest BCUT2D eigenvalue weighted by Crippen LogP contribution is 2.10. The number of ether oxygens (including phenoxy) is 1. The molecular formula is C17H22O. The monoisotopic (exact) mass is 242 g/mol. The molecule has 2 rings (SSSR count). The van der Waals surface area contributed by atoms with Crippen molar-refractivity contribution < 1.29 is 4.74 Å². The van der Waals surface area contributed by atoms with Crippen molar-refractivity contribution in [1.29, 1.82) is 0 Å². The first-order valence-electron chi connectivity index (χ1n) is 6.17. The van der Waals surface area contributed by atoms with Gasteiger partial charge in [-0.2, -0.15) is 0 Å². The van der Waals surface area contributed by atoms with Crippen LogP contribution in [0.2, 0.25) is 0 Å². The topological polar surface area (TPSA) is 9.23 Å². The molecule has 96 valence electrons. The van der Waals surface area contributed by atoms with Gasteiger partial charge >= 0.3 is 0 Å². The van der Waals surface area contributed by atoms with Crippen LogP contribution >= 0.6 is 0 Å². The SMILES string of the molecule is COc1cccc(C)c1.Cc1ccc(C)c(C)c1. The second-order valence-corrected chi connectivity index (χ2v) is 4.61. The van der Waals surface area contributed by atoms with Crippen molar-refractivity contribution in [2.24, 2.45) is 0 Å². The lowest BCUT2D eigenvalue weighted by Crippen LogP contribution is -1.81. The van der Waals surface area contributed by atoms with Gasteiger partial charge in [0.1, 0.15) is 5.75 Å². The van der Waals surface area contributed by atoms with E-state index in [1.54, 1.807) is 7.11 Å². The maximum Gasteiger partial charge on any atom is 0.119 e. The summed E-state index contributed by atoms with van der Waals surface area (Å²) in [4.78, 5) is 0. The summed E-state index contributed by atoms with van der Waals surface area (Å²) in [6.45, 7) is 8.44. The molecular weight excluding hydrogens is 220 g/mol. The molecule has 0 aromatic heterocycles. The second-order valence-electron chi connectivity index (χ2n) is 4.61. The average Bonchev–Trinajstić information content (AvgIpc) is 2.35. The van der Waals surface area contributed by atoms with Crippen molar-refractivity contribution in [3.05, 3.63) is 64.7 Å². The van der Waals surface area contributed by atoms with Gasteiger partial charge in [-0.3, -0.25) is 0 Å². The highest BCUT2D eigenvalue weighted by atomic mass is 16.5. The summed E-state index contributed by atoms with van der Waals surface area (Å²) in [7, 11) is 1.68. The Hall–Kier alpha value is -1.76. The second kappa shape index (κ2) is 6.85. The van der Waals surface area contributed by atoms with E-state index in [0.29, 0.717) is 0 Å². The van der Waals surface area contributed by atoms with E-state index in [1.165, 1.54) is 22.3 Å². The first kappa shape index (κ1) is 14.3. The zero-order chi connectivity index (χ0) is 13.5. The van der Waals surface area contributed by atoms with Gasteiger partial charge in [0.15, 0.2) is 0 Å². The fourth-order valence-corrected chi connectivity index (χ4v) is 1.63. The molecule has 1 heteroatoms. The van der Waals surface area contributed by atoms with Crippen molar-refractivity contribution in [3.8, 4) is 5.75 Å². The lowest BCUT2D eigenvalue weighted by atomic mass is 10.1. The smallest absolute Gasteiger partial charge is 0.119 e. The summed E-state index contributed by atoms with van der Waals surface area (Å²) in [5.41, 5.74) is 5.34. The third kappa shape index (κ3) is 4.62. The van der Waals surface area contributed by atoms with Gasteiger partial charge in [-0.05, 0) is 56.5 Å². The van der Waals surface area contributed by atoms with E-state index < -0.39 is 0 Å². The highest BCUT2D eigenvalue weighted by molar-refractivity contribution is 5.29. The summed E-state index contributed by atoms with van der Waals surface area (Å²) in [5.74, 6) is 0.926. The Morgan fingerprint density at radius 3 is 1.83 bits per heavy atom. The van der Waals surface area contributed by atoms with Crippen LogP contribution in [0.25, 0.3) is 0 Å². The molecule has 18 heavy (non-hydrogen) atoms. The molecule has 0 aliphatic heterocycles. The van der Waals surface area contributed by atoms with Crippen LogP contribution in [0, 0.1) is 27.7 Å². The van der Waals surface area contributed by atoms with Gasteiger partial charge in [0, 0.05) is 0 Å². The molecule has 0 atom stereocenters. The molecule has 0 aliphatic carbocycles. The first-order valence-corrected chi connectivity index (χ1v) is 6.17. The molecule has 0 N–H and O–H groups in total. The van der Waals surface area contributed by atoms with E-state index in [9.17, 15) is 0 Å². The molecule has 0 heterocycles. The molecule has 0 bridgehead atoms. The van der Waals surface area contributed by atoms with Crippen LogP contribution in [0.15, 0.2) is 42.5 Å². The van der Waals surface area contributed by atoms with E-state index in [1.807, 2.05) is 31.2 Å². The molecule has 0 aliphatic rings. The zero-order valence-corrected chi connectivity index (χ0v) is 11.9. The number of methoxy groups -OCH3 is 1. The summed E-state index contributed by atoms with van der Waals surface area (Å²) in [6.07, 6.45) is 0. The van der Waals surface area contributed by atoms with Crippen molar-refractivity contribution >= 4 is 0 Å². The van der Waals surface area contributed by atoms with Crippen LogP contribution in [0.4, 0.5) is 0 Å². The third-order valence-corrected chi connectivity index (χ3v) is 2.89. The van der Waals surface area contributed by atoms with Crippen LogP contribution in [0.5, 0.6) is 5.75 Å². The van der Waals surface area contributed by atoms with Crippen molar-refractivity contribution in [3.63, 3.8) is 0 Å². The Balaban J connectivity index is 0.000000180. The maximum absolute atomic E-state index is 5.00. The Kier molecular flexibility index (Phi) is 5.44. The van der Waals surface area contributed by atoms with E-state index in [4.69, 9.17) is 4.74 Å². The third-order valence-electron chi connectivity index (χ3n) is 2.89. The lowest BCUT2D eigenvalue weighted by molar-refractivity contribution is 0.414. The van der Waals surface area contributed by atoms with Crippen molar-refractivity contribution in [2.45, 2.75) is 27.7 Å². The van der Waals surface area contributed by atoms with Gasteiger partial charge in [-0.25, -0.2) is 0 Å². The molecule has 1 nitrogen and oxygen atoms in total. The number of hydrogen-bond donors (Lipinski definition) is 0. The summed E-state index contributed by atoms with van der Waals surface area (Å²) in [5, 5.41) is 0. The van der Waals surface area contributed by atoms with Crippen LogP contribution in [-0.2, 0) is 0 Å². The molecule has 0 spiro atoms. The molecule has 2 aromatic carbocycles. The van der Waals surface area contributed by atoms with Crippen molar-refractivity contribution in [1.82, 2.24) is 0 Å². The molecule has 0 saturated heterocycles. The van der Waals surface area contributed by atoms with Crippen LogP contribution in [-0.4, -0.2) is 7.11 Å². The van der Waals surface area contributed by atoms with Crippen molar-refractivity contribution in [2.75, 3.05) is 7.11 Å². The number of rotatable bonds is 1. The fraction of sp³-hybridized carbons (Fsp3) is 0.294. The minimum atomic E-state index is 0.926. The van der Waals surface area contributed by atoms with Crippen LogP contribution in [0.1, 0.15) is 22.3 Å². The summed E-state index contributed by atoms with van der Waals surface area (Å²) in [6, 6.07) is 14.5. The average molecular weight is 242 g/mol. The highest BCUT2D eigenvalue weighted by Gasteiger charge is 1.89. The number of hydrogen-bond acceptors (Lipinski definition) is 1. The first-order chi connectivity index (χ1) is 8.52. The van der Waals surface area contributed by atoms with E-state index in [-0.39, 0.29) is 0 Å². The number of aryl methyl sites for hydroxylation is 4. The molecule has 0 saturated carbocycles. The quantitative estimate of drug-likeness (QED) is 0.709.